The van der Waals surface area contributed by atoms with Gasteiger partial charge in [0.1, 0.15) is 5.82 Å². The van der Waals surface area contributed by atoms with Gasteiger partial charge in [0.2, 0.25) is 0 Å². The van der Waals surface area contributed by atoms with E-state index in [2.05, 4.69) is 29.7 Å². The first-order valence-corrected chi connectivity index (χ1v) is 11.6. The summed E-state index contributed by atoms with van der Waals surface area (Å²) in [5.74, 6) is -0.927. The molecule has 3 aromatic carbocycles. The van der Waals surface area contributed by atoms with Gasteiger partial charge < -0.3 is 19.9 Å². The van der Waals surface area contributed by atoms with Crippen molar-refractivity contribution in [1.29, 1.82) is 5.26 Å². The number of nitrogens with zero attached hydrogens (tertiary/aromatic N) is 3. The highest BCUT2D eigenvalue weighted by molar-refractivity contribution is 6.30. The van der Waals surface area contributed by atoms with Crippen LogP contribution in [0.1, 0.15) is 18.4 Å². The van der Waals surface area contributed by atoms with Crippen LogP contribution >= 0.6 is 11.6 Å². The lowest BCUT2D eigenvalue weighted by molar-refractivity contribution is -0.136. The van der Waals surface area contributed by atoms with Crippen molar-refractivity contribution in [2.45, 2.75) is 19.4 Å². The Balaban J connectivity index is 1.71. The van der Waals surface area contributed by atoms with Gasteiger partial charge in [0.25, 0.3) is 0 Å². The van der Waals surface area contributed by atoms with Gasteiger partial charge in [-0.2, -0.15) is 5.26 Å². The molecule has 1 unspecified atom stereocenters. The molecule has 0 saturated carbocycles. The molecule has 2 heterocycles. The van der Waals surface area contributed by atoms with Crippen LogP contribution in [-0.4, -0.2) is 17.6 Å². The molecule has 0 amide bonds. The number of hydrogen-bond acceptors (Lipinski definition) is 5. The quantitative estimate of drug-likeness (QED) is 0.370. The van der Waals surface area contributed by atoms with E-state index in [4.69, 9.17) is 22.1 Å². The fourth-order valence-electron chi connectivity index (χ4n) is 4.87. The molecule has 0 radical (unpaired) electrons. The number of fused-ring (bicyclic) bond motifs is 3. The summed E-state index contributed by atoms with van der Waals surface area (Å²) < 4.78 is 7.35. The monoisotopic (exact) mass is 482 g/mol. The van der Waals surface area contributed by atoms with Crippen LogP contribution in [0.15, 0.2) is 89.9 Å². The van der Waals surface area contributed by atoms with Crippen LogP contribution in [0.25, 0.3) is 21.8 Å². The van der Waals surface area contributed by atoms with E-state index in [0.717, 1.165) is 39.6 Å². The molecule has 0 spiro atoms. The average molecular weight is 483 g/mol. The minimum absolute atomic E-state index is 0.263. The fourth-order valence-corrected chi connectivity index (χ4v) is 5.00. The van der Waals surface area contributed by atoms with Crippen molar-refractivity contribution in [2.75, 3.05) is 12.0 Å². The number of rotatable bonds is 4. The zero-order valence-electron chi connectivity index (χ0n) is 19.3. The number of aromatic nitrogens is 1. The Hall–Kier alpha value is -4.21. The van der Waals surface area contributed by atoms with Crippen LogP contribution in [0.2, 0.25) is 5.02 Å². The molecule has 35 heavy (non-hydrogen) atoms. The molecular formula is C28H23ClN4O2. The van der Waals surface area contributed by atoms with Crippen LogP contribution in [0, 0.1) is 11.3 Å². The summed E-state index contributed by atoms with van der Waals surface area (Å²) in [7, 11) is 1.33. The first-order chi connectivity index (χ1) is 17.0. The average Bonchev–Trinajstić information content (AvgIpc) is 3.21. The summed E-state index contributed by atoms with van der Waals surface area (Å²) in [5, 5.41) is 12.9. The van der Waals surface area contributed by atoms with Crippen molar-refractivity contribution in [2.24, 2.45) is 5.73 Å². The predicted molar refractivity (Wildman–Crippen MR) is 139 cm³/mol. The molecule has 0 saturated heterocycles. The topological polar surface area (TPSA) is 84.3 Å². The lowest BCUT2D eigenvalue weighted by atomic mass is 9.83. The number of anilines is 1. The number of para-hydroxylation sites is 1. The molecule has 0 fully saturated rings. The lowest BCUT2D eigenvalue weighted by Gasteiger charge is -2.32. The molecule has 5 rings (SSSR count). The maximum Gasteiger partial charge on any atom is 0.336 e. The minimum Gasteiger partial charge on any atom is -0.466 e. The lowest BCUT2D eigenvalue weighted by Crippen LogP contribution is -2.33. The number of aryl methyl sites for hydroxylation is 1. The molecule has 6 nitrogen and oxygen atoms in total. The van der Waals surface area contributed by atoms with Gasteiger partial charge in [-0.1, -0.05) is 41.9 Å². The summed E-state index contributed by atoms with van der Waals surface area (Å²) in [5.41, 5.74) is 10.9. The van der Waals surface area contributed by atoms with Crippen molar-refractivity contribution < 1.29 is 9.53 Å². The summed E-state index contributed by atoms with van der Waals surface area (Å²) >= 11 is 6.06. The highest BCUT2D eigenvalue weighted by Gasteiger charge is 2.35. The second-order valence-corrected chi connectivity index (χ2v) is 8.74. The maximum absolute atomic E-state index is 12.9. The van der Waals surface area contributed by atoms with E-state index in [-0.39, 0.29) is 11.4 Å². The number of nitrogens with two attached hydrogens (primary N) is 1. The largest absolute Gasteiger partial charge is 0.466 e. The Morgan fingerprint density at radius 3 is 2.49 bits per heavy atom. The number of carbonyl (C=O) groups excluding carboxylic acids is 1. The Bertz CT molecular complexity index is 1570. The third kappa shape index (κ3) is 3.61. The van der Waals surface area contributed by atoms with Crippen LogP contribution in [0.4, 0.5) is 5.69 Å². The number of methoxy groups -OCH3 is 1. The molecule has 1 aliphatic heterocycles. The predicted octanol–water partition coefficient (Wildman–Crippen LogP) is 5.82. The Morgan fingerprint density at radius 2 is 1.80 bits per heavy atom. The molecule has 4 aromatic rings. The SMILES string of the molecule is CCn1c2ccccc2c2cc(N3C=C(C(=O)OC)C(c4ccc(Cl)cc4)C(C#N)=C3N)ccc21. The molecule has 1 atom stereocenters. The van der Waals surface area contributed by atoms with Gasteiger partial charge in [0, 0.05) is 45.3 Å². The number of nitriles is 1. The summed E-state index contributed by atoms with van der Waals surface area (Å²) in [6, 6.07) is 23.5. The fraction of sp³-hybridized carbons (Fsp3) is 0.143. The van der Waals surface area contributed by atoms with Crippen molar-refractivity contribution in [3.8, 4) is 6.07 Å². The highest BCUT2D eigenvalue weighted by atomic mass is 35.5. The minimum atomic E-state index is -0.660. The van der Waals surface area contributed by atoms with Gasteiger partial charge in [0.05, 0.1) is 30.2 Å². The van der Waals surface area contributed by atoms with E-state index < -0.39 is 11.9 Å². The summed E-state index contributed by atoms with van der Waals surface area (Å²) in [6.45, 7) is 2.95. The Labute approximate surface area is 208 Å². The van der Waals surface area contributed by atoms with Gasteiger partial charge >= 0.3 is 5.97 Å². The molecule has 0 bridgehead atoms. The van der Waals surface area contributed by atoms with Crippen molar-refractivity contribution in [3.05, 3.63) is 100 Å². The normalized spacial score (nSPS) is 15.9. The molecule has 1 aromatic heterocycles. The summed E-state index contributed by atoms with van der Waals surface area (Å²) in [4.78, 5) is 14.6. The van der Waals surface area contributed by atoms with Crippen LogP contribution < -0.4 is 10.6 Å². The number of carbonyl (C=O) groups is 1. The molecular weight excluding hydrogens is 460 g/mol. The van der Waals surface area contributed by atoms with Crippen LogP contribution in [0.3, 0.4) is 0 Å². The Kier molecular flexibility index (Phi) is 5.72. The van der Waals surface area contributed by atoms with Crippen molar-refractivity contribution in [3.63, 3.8) is 0 Å². The highest BCUT2D eigenvalue weighted by Crippen LogP contribution is 2.41. The van der Waals surface area contributed by atoms with E-state index in [9.17, 15) is 10.1 Å². The Morgan fingerprint density at radius 1 is 1.09 bits per heavy atom. The van der Waals surface area contributed by atoms with E-state index in [1.165, 1.54) is 7.11 Å². The summed E-state index contributed by atoms with van der Waals surface area (Å²) in [6.07, 6.45) is 1.67. The molecule has 0 aliphatic carbocycles. The van der Waals surface area contributed by atoms with E-state index in [1.807, 2.05) is 30.3 Å². The number of hydrogen-bond donors (Lipinski definition) is 1. The zero-order valence-corrected chi connectivity index (χ0v) is 20.1. The number of ether oxygens (including phenoxy) is 1. The van der Waals surface area contributed by atoms with E-state index in [1.54, 1.807) is 35.4 Å². The first kappa shape index (κ1) is 22.6. The molecule has 1 aliphatic rings. The number of esters is 1. The van der Waals surface area contributed by atoms with Gasteiger partial charge in [-0.15, -0.1) is 0 Å². The number of allylic oxidation sites excluding steroid dienone is 1. The molecule has 174 valence electrons. The van der Waals surface area contributed by atoms with Crippen LogP contribution in [-0.2, 0) is 16.1 Å². The third-order valence-corrected chi connectivity index (χ3v) is 6.75. The number of halogens is 1. The van der Waals surface area contributed by atoms with Gasteiger partial charge in [-0.3, -0.25) is 0 Å². The van der Waals surface area contributed by atoms with E-state index >= 15 is 0 Å². The standard InChI is InChI=1S/C28H23ClN4O2/c1-3-32-24-7-5-4-6-20(24)21-14-19(12-13-25(21)32)33-16-23(28(34)35-2)26(22(15-30)27(33)31)17-8-10-18(29)11-9-17/h4-14,16,26H,3,31H2,1-2H3. The zero-order chi connectivity index (χ0) is 24.7. The smallest absolute Gasteiger partial charge is 0.336 e. The molecule has 7 heteroatoms. The van der Waals surface area contributed by atoms with Gasteiger partial charge in [-0.25, -0.2) is 4.79 Å². The molecule has 2 N–H and O–H groups in total. The number of benzene rings is 3. The van der Waals surface area contributed by atoms with Crippen molar-refractivity contribution >= 4 is 45.1 Å². The van der Waals surface area contributed by atoms with Gasteiger partial charge in [-0.05, 0) is 48.9 Å². The van der Waals surface area contributed by atoms with E-state index in [0.29, 0.717) is 10.6 Å². The second kappa shape index (κ2) is 8.86. The first-order valence-electron chi connectivity index (χ1n) is 11.2. The van der Waals surface area contributed by atoms with Gasteiger partial charge in [0.15, 0.2) is 0 Å². The van der Waals surface area contributed by atoms with Crippen LogP contribution in [0.5, 0.6) is 0 Å². The van der Waals surface area contributed by atoms with Crippen molar-refractivity contribution in [1.82, 2.24) is 4.57 Å². The second-order valence-electron chi connectivity index (χ2n) is 8.30. The third-order valence-electron chi connectivity index (χ3n) is 6.50. The maximum atomic E-state index is 12.9.